The zero-order valence-corrected chi connectivity index (χ0v) is 20.4. The molecule has 9 nitrogen and oxygen atoms in total. The molecule has 1 atom stereocenters. The molecule has 0 radical (unpaired) electrons. The zero-order chi connectivity index (χ0) is 25.7. The molecule has 2 aromatic carbocycles. The first kappa shape index (κ1) is 25.0. The van der Waals surface area contributed by atoms with Crippen LogP contribution in [-0.2, 0) is 29.2 Å². The highest BCUT2D eigenvalue weighted by molar-refractivity contribution is 6.00. The second kappa shape index (κ2) is 11.1. The highest BCUT2D eigenvalue weighted by Gasteiger charge is 2.38. The monoisotopic (exact) mass is 489 g/mol. The summed E-state index contributed by atoms with van der Waals surface area (Å²) in [5.41, 5.74) is 6.73. The Morgan fingerprint density at radius 1 is 1.03 bits per heavy atom. The Morgan fingerprint density at radius 3 is 2.31 bits per heavy atom. The molecule has 2 heterocycles. The lowest BCUT2D eigenvalue weighted by atomic mass is 10.1. The van der Waals surface area contributed by atoms with Gasteiger partial charge in [0.1, 0.15) is 5.82 Å². The summed E-state index contributed by atoms with van der Waals surface area (Å²) in [6.07, 6.45) is 1.56. The Labute approximate surface area is 209 Å². The molecule has 0 saturated carbocycles. The van der Waals surface area contributed by atoms with Gasteiger partial charge in [-0.1, -0.05) is 74.0 Å². The van der Waals surface area contributed by atoms with E-state index in [1.54, 1.807) is 4.90 Å². The van der Waals surface area contributed by atoms with Crippen LogP contribution in [0.4, 0.5) is 11.5 Å². The molecular weight excluding hydrogens is 458 g/mol. The van der Waals surface area contributed by atoms with E-state index < -0.39 is 17.2 Å². The van der Waals surface area contributed by atoms with Gasteiger partial charge in [0, 0.05) is 26.1 Å². The van der Waals surface area contributed by atoms with E-state index in [4.69, 9.17) is 5.73 Å². The third kappa shape index (κ3) is 5.40. The highest BCUT2D eigenvalue weighted by Crippen LogP contribution is 2.27. The number of hydrogen-bond donors (Lipinski definition) is 2. The molecule has 3 aromatic rings. The molecule has 1 fully saturated rings. The maximum absolute atomic E-state index is 13.9. The number of nitrogen functional groups attached to an aromatic ring is 1. The minimum atomic E-state index is -0.722. The number of nitrogens with zero attached hydrogens (tertiary/aromatic N) is 3. The van der Waals surface area contributed by atoms with Gasteiger partial charge in [0.15, 0.2) is 5.69 Å². The van der Waals surface area contributed by atoms with E-state index in [0.29, 0.717) is 19.5 Å². The molecule has 3 N–H and O–H groups in total. The smallest absolute Gasteiger partial charge is 0.330 e. The van der Waals surface area contributed by atoms with E-state index in [1.165, 1.54) is 9.47 Å². The fourth-order valence-electron chi connectivity index (χ4n) is 4.52. The number of aromatic amines is 1. The number of unbranched alkanes of at least 4 members (excludes halogenated alkanes) is 1. The molecule has 36 heavy (non-hydrogen) atoms. The second-order valence-electron chi connectivity index (χ2n) is 9.07. The van der Waals surface area contributed by atoms with Gasteiger partial charge < -0.3 is 10.6 Å². The number of nitrogens with one attached hydrogen (secondary N) is 1. The van der Waals surface area contributed by atoms with Gasteiger partial charge in [-0.05, 0) is 17.5 Å². The van der Waals surface area contributed by atoms with Crippen LogP contribution in [0.2, 0.25) is 0 Å². The van der Waals surface area contributed by atoms with Crippen molar-refractivity contribution in [2.75, 3.05) is 17.2 Å². The SMILES string of the molecule is CCCCn1c(N)c(N(Cc2ccccc2)C(=O)C2CC(=O)N(Cc3ccccc3)C2)c(=O)[nH]c1=O. The van der Waals surface area contributed by atoms with E-state index in [9.17, 15) is 19.2 Å². The Bertz CT molecular complexity index is 1330. The summed E-state index contributed by atoms with van der Waals surface area (Å²) < 4.78 is 1.30. The number of carbonyl (C=O) groups excluding carboxylic acids is 2. The summed E-state index contributed by atoms with van der Waals surface area (Å²) in [5, 5.41) is 0. The van der Waals surface area contributed by atoms with Crippen molar-refractivity contribution in [1.82, 2.24) is 14.5 Å². The molecule has 1 saturated heterocycles. The van der Waals surface area contributed by atoms with Gasteiger partial charge in [-0.3, -0.25) is 28.8 Å². The lowest BCUT2D eigenvalue weighted by Gasteiger charge is -2.27. The molecule has 0 bridgehead atoms. The number of amides is 2. The van der Waals surface area contributed by atoms with Crippen molar-refractivity contribution < 1.29 is 9.59 Å². The van der Waals surface area contributed by atoms with Gasteiger partial charge >= 0.3 is 5.69 Å². The Morgan fingerprint density at radius 2 is 1.67 bits per heavy atom. The van der Waals surface area contributed by atoms with Crippen LogP contribution >= 0.6 is 0 Å². The van der Waals surface area contributed by atoms with Crippen LogP contribution in [0.15, 0.2) is 70.3 Å². The van der Waals surface area contributed by atoms with Gasteiger partial charge in [0.2, 0.25) is 11.8 Å². The number of anilines is 2. The maximum atomic E-state index is 13.9. The van der Waals surface area contributed by atoms with E-state index in [1.807, 2.05) is 67.6 Å². The third-order valence-corrected chi connectivity index (χ3v) is 6.45. The number of rotatable bonds is 9. The molecule has 188 valence electrons. The molecule has 0 spiro atoms. The number of hydrogen-bond acceptors (Lipinski definition) is 5. The minimum Gasteiger partial charge on any atom is -0.383 e. The van der Waals surface area contributed by atoms with Crippen LogP contribution in [-0.4, -0.2) is 32.8 Å². The molecule has 1 unspecified atom stereocenters. The molecule has 1 aliphatic rings. The maximum Gasteiger partial charge on any atom is 0.330 e. The van der Waals surface area contributed by atoms with Crippen LogP contribution in [0.25, 0.3) is 0 Å². The van der Waals surface area contributed by atoms with Crippen molar-refractivity contribution >= 4 is 23.3 Å². The van der Waals surface area contributed by atoms with Crippen molar-refractivity contribution in [3.05, 3.63) is 92.6 Å². The van der Waals surface area contributed by atoms with Crippen molar-refractivity contribution in [3.63, 3.8) is 0 Å². The molecule has 9 heteroatoms. The average molecular weight is 490 g/mol. The van der Waals surface area contributed by atoms with Crippen molar-refractivity contribution in [2.45, 2.75) is 45.8 Å². The van der Waals surface area contributed by atoms with Gasteiger partial charge in [-0.15, -0.1) is 0 Å². The van der Waals surface area contributed by atoms with Crippen LogP contribution in [0.5, 0.6) is 0 Å². The summed E-state index contributed by atoms with van der Waals surface area (Å²) in [7, 11) is 0. The first-order chi connectivity index (χ1) is 17.4. The number of aromatic nitrogens is 2. The summed E-state index contributed by atoms with van der Waals surface area (Å²) >= 11 is 0. The average Bonchev–Trinajstić information content (AvgIpc) is 3.24. The highest BCUT2D eigenvalue weighted by atomic mass is 16.2. The van der Waals surface area contributed by atoms with E-state index in [2.05, 4.69) is 4.98 Å². The first-order valence-electron chi connectivity index (χ1n) is 12.2. The van der Waals surface area contributed by atoms with Gasteiger partial charge in [0.05, 0.1) is 12.5 Å². The fourth-order valence-corrected chi connectivity index (χ4v) is 4.52. The zero-order valence-electron chi connectivity index (χ0n) is 20.4. The van der Waals surface area contributed by atoms with E-state index in [0.717, 1.165) is 17.5 Å². The Hall–Kier alpha value is -4.14. The largest absolute Gasteiger partial charge is 0.383 e. The second-order valence-corrected chi connectivity index (χ2v) is 9.07. The number of carbonyl (C=O) groups is 2. The number of H-pyrrole nitrogens is 1. The van der Waals surface area contributed by atoms with E-state index in [-0.39, 0.29) is 42.8 Å². The number of nitrogens with two attached hydrogens (primary N) is 1. The Balaban J connectivity index is 1.68. The van der Waals surface area contributed by atoms with Crippen LogP contribution in [0, 0.1) is 5.92 Å². The van der Waals surface area contributed by atoms with E-state index >= 15 is 0 Å². The minimum absolute atomic E-state index is 0.0459. The van der Waals surface area contributed by atoms with Gasteiger partial charge in [-0.2, -0.15) is 0 Å². The molecular formula is C27H31N5O4. The topological polar surface area (TPSA) is 121 Å². The quantitative estimate of drug-likeness (QED) is 0.478. The lowest BCUT2D eigenvalue weighted by molar-refractivity contribution is -0.128. The summed E-state index contributed by atoms with van der Waals surface area (Å²) in [5.74, 6) is -1.18. The summed E-state index contributed by atoms with van der Waals surface area (Å²) in [6.45, 7) is 3.04. The van der Waals surface area contributed by atoms with Gasteiger partial charge in [0.25, 0.3) is 5.56 Å². The molecule has 0 aliphatic carbocycles. The van der Waals surface area contributed by atoms with Crippen molar-refractivity contribution in [1.29, 1.82) is 0 Å². The predicted octanol–water partition coefficient (Wildman–Crippen LogP) is 2.50. The molecule has 2 amide bonds. The number of benzene rings is 2. The fraction of sp³-hybridized carbons (Fsp3) is 0.333. The standard InChI is InChI=1S/C27H31N5O4/c1-2-3-14-31-24(28)23(25(34)29-27(31)36)32(17-20-12-8-5-9-13-20)26(35)21-15-22(33)30(18-21)16-19-10-6-4-7-11-19/h4-13,21H,2-3,14-18,28H2,1H3,(H,29,34,36). The van der Waals surface area contributed by atoms with Crippen LogP contribution < -0.4 is 21.9 Å². The van der Waals surface area contributed by atoms with Crippen LogP contribution in [0.1, 0.15) is 37.3 Å². The Kier molecular flexibility index (Phi) is 7.68. The molecule has 1 aromatic heterocycles. The molecule has 1 aliphatic heterocycles. The predicted molar refractivity (Wildman–Crippen MR) is 138 cm³/mol. The summed E-state index contributed by atoms with van der Waals surface area (Å²) in [6, 6.07) is 18.8. The summed E-state index contributed by atoms with van der Waals surface area (Å²) in [4.78, 5) is 57.4. The molecule has 4 rings (SSSR count). The number of likely N-dealkylation sites (tertiary alicyclic amines) is 1. The first-order valence-corrected chi connectivity index (χ1v) is 12.2. The van der Waals surface area contributed by atoms with Crippen LogP contribution in [0.3, 0.4) is 0 Å². The van der Waals surface area contributed by atoms with Gasteiger partial charge in [-0.25, -0.2) is 4.79 Å². The van der Waals surface area contributed by atoms with Crippen molar-refractivity contribution in [2.24, 2.45) is 5.92 Å². The lowest BCUT2D eigenvalue weighted by Crippen LogP contribution is -2.43. The normalized spacial score (nSPS) is 15.3. The third-order valence-electron chi connectivity index (χ3n) is 6.45. The van der Waals surface area contributed by atoms with Crippen molar-refractivity contribution in [3.8, 4) is 0 Å².